The Balaban J connectivity index is 2.46. The summed E-state index contributed by atoms with van der Waals surface area (Å²) in [4.78, 5) is 12.3. The van der Waals surface area contributed by atoms with Crippen LogP contribution in [0.25, 0.3) is 0 Å². The molecule has 1 fully saturated rings. The van der Waals surface area contributed by atoms with Gasteiger partial charge in [-0.05, 0) is 0 Å². The molecule has 0 aliphatic carbocycles. The zero-order valence-corrected chi connectivity index (χ0v) is 7.22. The Hall–Kier alpha value is -0.690. The first-order chi connectivity index (χ1) is 6.15. The number of aliphatic hydroxyl groups excluding tert-OH is 2. The van der Waals surface area contributed by atoms with Crippen molar-refractivity contribution in [2.45, 2.75) is 12.3 Å². The third-order valence-electron chi connectivity index (χ3n) is 2.00. The fourth-order valence-electron chi connectivity index (χ4n) is 1.23. The first kappa shape index (κ1) is 10.4. The van der Waals surface area contributed by atoms with E-state index in [2.05, 4.69) is 0 Å². The maximum absolute atomic E-state index is 10.7. The van der Waals surface area contributed by atoms with E-state index in [0.29, 0.717) is 13.2 Å². The predicted molar refractivity (Wildman–Crippen MR) is 43.6 cm³/mol. The first-order valence-corrected chi connectivity index (χ1v) is 4.09. The number of hydrogen-bond donors (Lipinski definition) is 3. The molecule has 1 rings (SSSR count). The van der Waals surface area contributed by atoms with Gasteiger partial charge in [0.25, 0.3) is 0 Å². The molecule has 1 aliphatic rings. The second-order valence-electron chi connectivity index (χ2n) is 2.92. The summed E-state index contributed by atoms with van der Waals surface area (Å²) in [6.45, 7) is 0.707. The highest BCUT2D eigenvalue weighted by atomic mass is 16.5. The molecule has 0 bridgehead atoms. The van der Waals surface area contributed by atoms with Gasteiger partial charge >= 0.3 is 0 Å². The fourth-order valence-corrected chi connectivity index (χ4v) is 1.23. The predicted octanol–water partition coefficient (Wildman–Crippen LogP) is -2.52. The van der Waals surface area contributed by atoms with Crippen molar-refractivity contribution in [2.24, 2.45) is 5.73 Å². The number of carbonyl (C=O) groups excluding carboxylic acids is 1. The molecular weight excluding hydrogens is 176 g/mol. The third-order valence-corrected chi connectivity index (χ3v) is 2.00. The summed E-state index contributed by atoms with van der Waals surface area (Å²) >= 11 is 0. The lowest BCUT2D eigenvalue weighted by atomic mass is 10.2. The van der Waals surface area contributed by atoms with Crippen LogP contribution < -0.4 is 5.73 Å². The Morgan fingerprint density at radius 3 is 3.00 bits per heavy atom. The van der Waals surface area contributed by atoms with Crippen LogP contribution in [0, 0.1) is 0 Å². The minimum absolute atomic E-state index is 0.233. The van der Waals surface area contributed by atoms with Crippen molar-refractivity contribution in [2.75, 3.05) is 26.3 Å². The molecule has 76 valence electrons. The number of morpholine rings is 1. The fraction of sp³-hybridized carbons (Fsp3) is 0.857. The molecule has 0 aromatic carbocycles. The molecule has 0 aromatic heterocycles. The molecule has 2 unspecified atom stereocenters. The Bertz CT molecular complexity index is 187. The average Bonchev–Trinajstić information content (AvgIpc) is 2.17. The molecule has 0 aromatic rings. The number of hydrogen-bond acceptors (Lipinski definition) is 5. The molecule has 6 nitrogen and oxygen atoms in total. The van der Waals surface area contributed by atoms with Gasteiger partial charge in [-0.3, -0.25) is 9.69 Å². The summed E-state index contributed by atoms with van der Waals surface area (Å²) in [5.74, 6) is -0.546. The van der Waals surface area contributed by atoms with Crippen molar-refractivity contribution in [1.29, 1.82) is 0 Å². The molecule has 0 saturated carbocycles. The van der Waals surface area contributed by atoms with E-state index in [4.69, 9.17) is 15.6 Å². The van der Waals surface area contributed by atoms with E-state index in [0.717, 1.165) is 0 Å². The third kappa shape index (κ3) is 2.63. The lowest BCUT2D eigenvalue weighted by Gasteiger charge is -2.33. The first-order valence-electron chi connectivity index (χ1n) is 4.09. The molecule has 1 amide bonds. The van der Waals surface area contributed by atoms with Crippen LogP contribution in [0.2, 0.25) is 0 Å². The summed E-state index contributed by atoms with van der Waals surface area (Å²) < 4.78 is 5.06. The number of rotatable bonds is 3. The number of primary amides is 1. The maximum atomic E-state index is 10.7. The standard InChI is InChI=1S/C7H14N2O4/c8-7(12)5-3-9(1-2-13-5)6(11)4-10/h5-6,10-11H,1-4H2,(H2,8,12). The minimum Gasteiger partial charge on any atom is -0.392 e. The van der Waals surface area contributed by atoms with E-state index in [1.54, 1.807) is 4.90 Å². The summed E-state index contributed by atoms with van der Waals surface area (Å²) in [6, 6.07) is 0. The van der Waals surface area contributed by atoms with Gasteiger partial charge in [0.1, 0.15) is 12.3 Å². The van der Waals surface area contributed by atoms with Crippen molar-refractivity contribution in [1.82, 2.24) is 4.90 Å². The number of aliphatic hydroxyl groups is 2. The molecule has 0 spiro atoms. The topological polar surface area (TPSA) is 96.0 Å². The number of carbonyl (C=O) groups is 1. The molecular formula is C7H14N2O4. The maximum Gasteiger partial charge on any atom is 0.247 e. The molecule has 13 heavy (non-hydrogen) atoms. The Labute approximate surface area is 75.9 Å². The van der Waals surface area contributed by atoms with Crippen LogP contribution in [0.15, 0.2) is 0 Å². The van der Waals surface area contributed by atoms with Gasteiger partial charge in [-0.25, -0.2) is 0 Å². The van der Waals surface area contributed by atoms with Gasteiger partial charge in [-0.2, -0.15) is 0 Å². The van der Waals surface area contributed by atoms with E-state index in [1.807, 2.05) is 0 Å². The van der Waals surface area contributed by atoms with Gasteiger partial charge in [0.2, 0.25) is 5.91 Å². The van der Waals surface area contributed by atoms with Gasteiger partial charge in [-0.15, -0.1) is 0 Å². The number of nitrogens with zero attached hydrogens (tertiary/aromatic N) is 1. The number of ether oxygens (including phenoxy) is 1. The van der Waals surface area contributed by atoms with E-state index in [1.165, 1.54) is 0 Å². The second kappa shape index (κ2) is 4.52. The van der Waals surface area contributed by atoms with Gasteiger partial charge in [0.15, 0.2) is 0 Å². The number of amides is 1. The second-order valence-corrected chi connectivity index (χ2v) is 2.92. The van der Waals surface area contributed by atoms with Crippen molar-refractivity contribution < 1.29 is 19.7 Å². The average molecular weight is 190 g/mol. The van der Waals surface area contributed by atoms with E-state index in [9.17, 15) is 9.90 Å². The highest BCUT2D eigenvalue weighted by Crippen LogP contribution is 2.06. The van der Waals surface area contributed by atoms with Crippen molar-refractivity contribution >= 4 is 5.91 Å². The number of nitrogens with two attached hydrogens (primary N) is 1. The van der Waals surface area contributed by atoms with Crippen molar-refractivity contribution in [3.05, 3.63) is 0 Å². The smallest absolute Gasteiger partial charge is 0.247 e. The van der Waals surface area contributed by atoms with Crippen molar-refractivity contribution in [3.63, 3.8) is 0 Å². The summed E-state index contributed by atoms with van der Waals surface area (Å²) in [6.07, 6.45) is -1.62. The van der Waals surface area contributed by atoms with Crippen LogP contribution in [0.1, 0.15) is 0 Å². The molecule has 2 atom stereocenters. The zero-order valence-electron chi connectivity index (χ0n) is 7.22. The molecule has 4 N–H and O–H groups in total. The highest BCUT2D eigenvalue weighted by Gasteiger charge is 2.27. The van der Waals surface area contributed by atoms with Crippen LogP contribution in [0.5, 0.6) is 0 Å². The quantitative estimate of drug-likeness (QED) is 0.456. The lowest BCUT2D eigenvalue weighted by Crippen LogP contribution is -2.52. The largest absolute Gasteiger partial charge is 0.392 e. The van der Waals surface area contributed by atoms with Gasteiger partial charge in [-0.1, -0.05) is 0 Å². The van der Waals surface area contributed by atoms with Crippen LogP contribution in [0.3, 0.4) is 0 Å². The monoisotopic (exact) mass is 190 g/mol. The minimum atomic E-state index is -0.939. The lowest BCUT2D eigenvalue weighted by molar-refractivity contribution is -0.144. The normalized spacial score (nSPS) is 27.1. The molecule has 1 aliphatic heterocycles. The Kier molecular flexibility index (Phi) is 3.61. The van der Waals surface area contributed by atoms with Crippen LogP contribution in [-0.4, -0.2) is 59.7 Å². The van der Waals surface area contributed by atoms with E-state index < -0.39 is 18.2 Å². The Morgan fingerprint density at radius 1 is 1.77 bits per heavy atom. The molecule has 1 saturated heterocycles. The van der Waals surface area contributed by atoms with Crippen LogP contribution >= 0.6 is 0 Å². The van der Waals surface area contributed by atoms with Gasteiger partial charge in [0.05, 0.1) is 13.2 Å². The summed E-state index contributed by atoms with van der Waals surface area (Å²) in [5, 5.41) is 17.9. The van der Waals surface area contributed by atoms with E-state index >= 15 is 0 Å². The van der Waals surface area contributed by atoms with E-state index in [-0.39, 0.29) is 13.2 Å². The van der Waals surface area contributed by atoms with Gasteiger partial charge < -0.3 is 20.7 Å². The Morgan fingerprint density at radius 2 is 2.46 bits per heavy atom. The zero-order chi connectivity index (χ0) is 9.84. The van der Waals surface area contributed by atoms with Gasteiger partial charge in [0, 0.05) is 13.1 Å². The summed E-state index contributed by atoms with van der Waals surface area (Å²) in [7, 11) is 0. The van der Waals surface area contributed by atoms with Crippen LogP contribution in [0.4, 0.5) is 0 Å². The molecule has 0 radical (unpaired) electrons. The van der Waals surface area contributed by atoms with Crippen LogP contribution in [-0.2, 0) is 9.53 Å². The molecule has 6 heteroatoms. The highest BCUT2D eigenvalue weighted by molar-refractivity contribution is 5.79. The van der Waals surface area contributed by atoms with Crippen molar-refractivity contribution in [3.8, 4) is 0 Å². The summed E-state index contributed by atoms with van der Waals surface area (Å²) in [5.41, 5.74) is 5.04. The SMILES string of the molecule is NC(=O)C1CN(C(O)CO)CCO1. The molecule has 1 heterocycles.